The van der Waals surface area contributed by atoms with Crippen LogP contribution < -0.4 is 18.9 Å². The van der Waals surface area contributed by atoms with Crippen molar-refractivity contribution in [2.24, 2.45) is 0 Å². The minimum Gasteiger partial charge on any atom is -0.493 e. The van der Waals surface area contributed by atoms with Crippen LogP contribution in [0.5, 0.6) is 23.0 Å². The number of halogens is 3. The van der Waals surface area contributed by atoms with Crippen LogP contribution in [0.25, 0.3) is 0 Å². The Morgan fingerprint density at radius 2 is 1.20 bits per heavy atom. The molecule has 0 aliphatic heterocycles. The Kier molecular flexibility index (Phi) is 13.5. The Balaban J connectivity index is 0.000000216. The zero-order valence-electron chi connectivity index (χ0n) is 31.8. The van der Waals surface area contributed by atoms with E-state index in [0.29, 0.717) is 53.4 Å². The van der Waals surface area contributed by atoms with E-state index in [1.165, 1.54) is 33.1 Å². The molecule has 4 aliphatic rings. The Morgan fingerprint density at radius 3 is 1.55 bits per heavy atom. The van der Waals surface area contributed by atoms with Crippen LogP contribution in [0.3, 0.4) is 0 Å². The standard InChI is InChI=1S/C21H25NO4.C20H22F3NO5S/c1-24-18-8-7-16(13-19(18)26-17-5-3-4-6-17)21(14-22)11-9-15(10-12-21)20(23)25-2;1-27-17-7-6-14(12-18(17)28-15-4-2-3-5-15)19(13-24)10-8-16(9-11-19)29-30(25,26)20(21,22)23/h7-9,13,17H,3-6,10-12H2,1-2H3;6-8,12,15H,2-5,9-11H2,1H3. The molecule has 2 fully saturated rings. The van der Waals surface area contributed by atoms with Gasteiger partial charge in [0.25, 0.3) is 0 Å². The number of hydrogen-bond acceptors (Lipinski definition) is 11. The number of alkyl halides is 3. The van der Waals surface area contributed by atoms with Gasteiger partial charge in [-0.2, -0.15) is 32.1 Å². The van der Waals surface area contributed by atoms with Gasteiger partial charge in [-0.3, -0.25) is 0 Å². The molecule has 56 heavy (non-hydrogen) atoms. The van der Waals surface area contributed by atoms with Crippen molar-refractivity contribution in [1.82, 2.24) is 0 Å². The number of hydrogen-bond donors (Lipinski definition) is 0. The highest BCUT2D eigenvalue weighted by Gasteiger charge is 2.49. The number of methoxy groups -OCH3 is 3. The highest BCUT2D eigenvalue weighted by molar-refractivity contribution is 7.87. The van der Waals surface area contributed by atoms with Gasteiger partial charge in [0.15, 0.2) is 23.0 Å². The van der Waals surface area contributed by atoms with E-state index in [1.54, 1.807) is 25.3 Å². The molecule has 0 aromatic heterocycles. The maximum Gasteiger partial charge on any atom is 0.534 e. The van der Waals surface area contributed by atoms with Crippen molar-refractivity contribution < 1.29 is 54.3 Å². The van der Waals surface area contributed by atoms with E-state index >= 15 is 0 Å². The SMILES string of the molecule is COC(=O)C1=CCC(C#N)(c2ccc(OC)c(OC3CCCC3)c2)CC1.COc1ccc(C2(C#N)CC=C(OS(=O)(=O)C(F)(F)F)CC2)cc1OC1CCCC1. The van der Waals surface area contributed by atoms with E-state index in [2.05, 4.69) is 16.3 Å². The first kappa shape index (κ1) is 42.3. The largest absolute Gasteiger partial charge is 0.534 e. The number of nitrogens with zero attached hydrogens (tertiary/aromatic N) is 2. The molecule has 11 nitrogen and oxygen atoms in total. The summed E-state index contributed by atoms with van der Waals surface area (Å²) >= 11 is 0. The second-order valence-corrected chi connectivity index (χ2v) is 16.0. The van der Waals surface area contributed by atoms with Gasteiger partial charge in [-0.15, -0.1) is 0 Å². The van der Waals surface area contributed by atoms with Crippen molar-refractivity contribution in [3.63, 3.8) is 0 Å². The van der Waals surface area contributed by atoms with Gasteiger partial charge < -0.3 is 27.9 Å². The van der Waals surface area contributed by atoms with Crippen molar-refractivity contribution in [1.29, 1.82) is 10.5 Å². The minimum atomic E-state index is -5.72. The van der Waals surface area contributed by atoms with Crippen molar-refractivity contribution in [3.8, 4) is 35.1 Å². The van der Waals surface area contributed by atoms with Gasteiger partial charge in [0.2, 0.25) is 0 Å². The molecule has 0 bridgehead atoms. The van der Waals surface area contributed by atoms with E-state index in [1.807, 2.05) is 24.3 Å². The molecular weight excluding hydrogens is 754 g/mol. The first-order chi connectivity index (χ1) is 26.7. The van der Waals surface area contributed by atoms with Gasteiger partial charge in [0.05, 0.1) is 56.5 Å². The predicted molar refractivity (Wildman–Crippen MR) is 198 cm³/mol. The van der Waals surface area contributed by atoms with Crippen molar-refractivity contribution >= 4 is 16.1 Å². The molecule has 2 aromatic rings. The van der Waals surface area contributed by atoms with Crippen LogP contribution in [0.2, 0.25) is 0 Å². The van der Waals surface area contributed by atoms with Gasteiger partial charge >= 0.3 is 21.6 Å². The van der Waals surface area contributed by atoms with Gasteiger partial charge in [-0.25, -0.2) is 4.79 Å². The molecular formula is C41H47F3N2O9S. The molecule has 0 amide bonds. The zero-order valence-corrected chi connectivity index (χ0v) is 32.6. The van der Waals surface area contributed by atoms with Gasteiger partial charge in [-0.1, -0.05) is 18.2 Å². The Hall–Kier alpha value is -4.89. The summed E-state index contributed by atoms with van der Waals surface area (Å²) in [5.41, 5.74) is -5.00. The Labute approximate surface area is 326 Å². The molecule has 15 heteroatoms. The van der Waals surface area contributed by atoms with Crippen LogP contribution >= 0.6 is 0 Å². The first-order valence-electron chi connectivity index (χ1n) is 18.7. The molecule has 0 radical (unpaired) electrons. The van der Waals surface area contributed by atoms with Crippen molar-refractivity contribution in [2.45, 2.75) is 118 Å². The molecule has 0 N–H and O–H groups in total. The fraction of sp³-hybridized carbons (Fsp3) is 0.537. The maximum atomic E-state index is 12.5. The summed E-state index contributed by atoms with van der Waals surface area (Å²) in [6, 6.07) is 15.6. The van der Waals surface area contributed by atoms with Crippen LogP contribution in [0.4, 0.5) is 13.2 Å². The zero-order chi connectivity index (χ0) is 40.6. The van der Waals surface area contributed by atoms with Crippen LogP contribution in [-0.4, -0.2) is 53.4 Å². The minimum absolute atomic E-state index is 0.0153. The van der Waals surface area contributed by atoms with E-state index in [-0.39, 0.29) is 43.2 Å². The number of carbonyl (C=O) groups excluding carboxylic acids is 1. The number of esters is 1. The second-order valence-electron chi connectivity index (χ2n) is 14.5. The van der Waals surface area contributed by atoms with E-state index in [4.69, 9.17) is 23.7 Å². The molecule has 0 spiro atoms. The van der Waals surface area contributed by atoms with Crippen LogP contribution in [0, 0.1) is 22.7 Å². The molecule has 2 unspecified atom stereocenters. The first-order valence-corrected chi connectivity index (χ1v) is 20.1. The Bertz CT molecular complexity index is 1990. The molecule has 6 rings (SSSR count). The number of allylic oxidation sites excluding steroid dienone is 3. The van der Waals surface area contributed by atoms with Crippen molar-refractivity contribution in [3.05, 3.63) is 71.0 Å². The predicted octanol–water partition coefficient (Wildman–Crippen LogP) is 8.77. The quantitative estimate of drug-likeness (QED) is 0.122. The summed E-state index contributed by atoms with van der Waals surface area (Å²) in [7, 11) is -1.20. The Morgan fingerprint density at radius 1 is 0.732 bits per heavy atom. The normalized spacial score (nSPS) is 22.9. The highest BCUT2D eigenvalue weighted by atomic mass is 32.2. The lowest BCUT2D eigenvalue weighted by Gasteiger charge is -2.31. The van der Waals surface area contributed by atoms with Gasteiger partial charge in [0, 0.05) is 12.0 Å². The smallest absolute Gasteiger partial charge is 0.493 e. The van der Waals surface area contributed by atoms with Crippen LogP contribution in [0.15, 0.2) is 59.9 Å². The van der Waals surface area contributed by atoms with E-state index < -0.39 is 26.5 Å². The summed E-state index contributed by atoms with van der Waals surface area (Å²) in [6.07, 6.45) is 13.5. The number of nitriles is 2. The number of carbonyl (C=O) groups is 1. The maximum absolute atomic E-state index is 12.5. The number of rotatable bonds is 11. The summed E-state index contributed by atoms with van der Waals surface area (Å²) in [4.78, 5) is 11.7. The average molecular weight is 801 g/mol. The summed E-state index contributed by atoms with van der Waals surface area (Å²) < 4.78 is 92.1. The second kappa shape index (κ2) is 17.9. The summed E-state index contributed by atoms with van der Waals surface area (Å²) in [5.74, 6) is 1.82. The highest BCUT2D eigenvalue weighted by Crippen LogP contribution is 2.44. The summed E-state index contributed by atoms with van der Waals surface area (Å²) in [5, 5.41) is 19.8. The number of benzene rings is 2. The third-order valence-electron chi connectivity index (χ3n) is 11.0. The lowest BCUT2D eigenvalue weighted by atomic mass is 9.71. The lowest BCUT2D eigenvalue weighted by Crippen LogP contribution is -2.29. The molecule has 302 valence electrons. The molecule has 0 saturated heterocycles. The lowest BCUT2D eigenvalue weighted by molar-refractivity contribution is -0.136. The van der Waals surface area contributed by atoms with E-state index in [0.717, 1.165) is 44.1 Å². The molecule has 4 aliphatic carbocycles. The molecule has 2 atom stereocenters. The van der Waals surface area contributed by atoms with Crippen LogP contribution in [-0.2, 0) is 34.7 Å². The molecule has 0 heterocycles. The van der Waals surface area contributed by atoms with E-state index in [9.17, 15) is 36.9 Å². The van der Waals surface area contributed by atoms with Crippen molar-refractivity contribution in [2.75, 3.05) is 21.3 Å². The molecule has 2 aromatic carbocycles. The van der Waals surface area contributed by atoms with Crippen LogP contribution in [0.1, 0.15) is 101 Å². The fourth-order valence-electron chi connectivity index (χ4n) is 7.62. The summed E-state index contributed by atoms with van der Waals surface area (Å²) in [6.45, 7) is 0. The van der Waals surface area contributed by atoms with Gasteiger partial charge in [0.1, 0.15) is 5.76 Å². The third-order valence-corrected chi connectivity index (χ3v) is 12.0. The third kappa shape index (κ3) is 9.55. The number of ether oxygens (including phenoxy) is 5. The average Bonchev–Trinajstić information content (AvgIpc) is 3.93. The topological polar surface area (TPSA) is 154 Å². The fourth-order valence-corrected chi connectivity index (χ4v) is 8.15. The molecule has 2 saturated carbocycles. The van der Waals surface area contributed by atoms with Gasteiger partial charge in [-0.05, 0) is 125 Å². The monoisotopic (exact) mass is 800 g/mol.